The lowest BCUT2D eigenvalue weighted by Crippen LogP contribution is -2.57. The van der Waals surface area contributed by atoms with E-state index in [0.29, 0.717) is 36.2 Å². The second-order valence-corrected chi connectivity index (χ2v) is 19.0. The van der Waals surface area contributed by atoms with Crippen LogP contribution in [0.25, 0.3) is 0 Å². The molecule has 2 aromatic carbocycles. The number of fused-ring (bicyclic) bond motifs is 4. The Hall–Kier alpha value is -2.59. The lowest BCUT2D eigenvalue weighted by atomic mass is 9.63. The fraction of sp³-hybridized carbons (Fsp3) is 0.643. The first-order chi connectivity index (χ1) is 25.0. The number of piperidine rings is 1. The molecule has 0 radical (unpaired) electrons. The largest absolute Gasteiger partial charge is 0.487 e. The Labute approximate surface area is 316 Å². The number of hydrogen-bond acceptors (Lipinski definition) is 7. The number of rotatable bonds is 3. The number of carbonyl (C=O) groups excluding carboxylic acids is 1. The van der Waals surface area contributed by atoms with Gasteiger partial charge in [-0.1, -0.05) is 56.0 Å². The van der Waals surface area contributed by atoms with Crippen LogP contribution in [-0.4, -0.2) is 69.9 Å². The number of halogens is 1. The van der Waals surface area contributed by atoms with Crippen molar-refractivity contribution in [2.45, 2.75) is 102 Å². The van der Waals surface area contributed by atoms with Gasteiger partial charge >= 0.3 is 0 Å². The molecule has 0 unspecified atom stereocenters. The number of nitrogens with zero attached hydrogens (tertiary/aromatic N) is 2. The van der Waals surface area contributed by atoms with Crippen LogP contribution in [0.2, 0.25) is 5.02 Å². The molecule has 1 amide bonds. The molecule has 8 nitrogen and oxygen atoms in total. The van der Waals surface area contributed by atoms with Gasteiger partial charge in [0.05, 0.1) is 10.9 Å². The molecule has 2 bridgehead atoms. The number of likely N-dealkylation sites (tertiary alicyclic amines) is 1. The molecule has 0 aromatic heterocycles. The number of anilines is 1. The summed E-state index contributed by atoms with van der Waals surface area (Å²) < 4.78 is 42.9. The SMILES string of the molecule is CO[C@]1(CN2CC[C@H]3CCCC[C@@H]3C2)/C=C/C[C@H](C)[C@@H](C)S(=O)(=O)NC(=O)c2ccc3c(c2)N(CCCCc2cc(Cl)ccc2CO3)C[C@@H]2CC[C@H]21. The van der Waals surface area contributed by atoms with Crippen LogP contribution >= 0.6 is 11.6 Å². The molecule has 52 heavy (non-hydrogen) atoms. The molecule has 3 aliphatic heterocycles. The molecule has 3 fully saturated rings. The average molecular weight is 752 g/mol. The summed E-state index contributed by atoms with van der Waals surface area (Å²) in [7, 11) is -2.06. The van der Waals surface area contributed by atoms with E-state index in [0.717, 1.165) is 92.9 Å². The normalized spacial score (nSPS) is 33.5. The number of nitrogens with one attached hydrogen (secondary N) is 1. The van der Waals surface area contributed by atoms with Crippen LogP contribution in [0.4, 0.5) is 5.69 Å². The predicted octanol–water partition coefficient (Wildman–Crippen LogP) is 8.03. The van der Waals surface area contributed by atoms with E-state index in [9.17, 15) is 13.2 Å². The van der Waals surface area contributed by atoms with Crippen molar-refractivity contribution in [3.8, 4) is 5.75 Å². The maximum absolute atomic E-state index is 13.6. The van der Waals surface area contributed by atoms with Crippen LogP contribution in [0.3, 0.4) is 0 Å². The van der Waals surface area contributed by atoms with Gasteiger partial charge < -0.3 is 14.4 Å². The first-order valence-electron chi connectivity index (χ1n) is 19.9. The van der Waals surface area contributed by atoms with Crippen molar-refractivity contribution in [1.29, 1.82) is 0 Å². The Morgan fingerprint density at radius 1 is 0.923 bits per heavy atom. The number of amides is 1. The van der Waals surface area contributed by atoms with Gasteiger partial charge in [-0.2, -0.15) is 0 Å². The monoisotopic (exact) mass is 751 g/mol. The molecule has 1 saturated heterocycles. The van der Waals surface area contributed by atoms with E-state index < -0.39 is 26.8 Å². The summed E-state index contributed by atoms with van der Waals surface area (Å²) in [5.41, 5.74) is 2.97. The van der Waals surface area contributed by atoms with E-state index >= 15 is 0 Å². The van der Waals surface area contributed by atoms with E-state index in [1.165, 1.54) is 37.7 Å². The molecule has 1 N–H and O–H groups in total. The summed E-state index contributed by atoms with van der Waals surface area (Å²) >= 11 is 6.41. The maximum atomic E-state index is 13.6. The van der Waals surface area contributed by atoms with Crippen LogP contribution in [-0.2, 0) is 27.8 Å². The van der Waals surface area contributed by atoms with Crippen LogP contribution in [0, 0.1) is 29.6 Å². The molecule has 2 aliphatic carbocycles. The number of hydrogen-bond donors (Lipinski definition) is 1. The minimum atomic E-state index is -3.94. The highest BCUT2D eigenvalue weighted by atomic mass is 35.5. The number of sulfonamides is 1. The van der Waals surface area contributed by atoms with Gasteiger partial charge in [0.25, 0.3) is 5.91 Å². The first-order valence-corrected chi connectivity index (χ1v) is 21.8. The predicted molar refractivity (Wildman–Crippen MR) is 209 cm³/mol. The molecular formula is C42H58ClN3O5S. The lowest BCUT2D eigenvalue weighted by Gasteiger charge is -2.52. The number of methoxy groups -OCH3 is 1. The van der Waals surface area contributed by atoms with Crippen molar-refractivity contribution in [3.05, 3.63) is 70.3 Å². The molecule has 284 valence electrons. The number of carbonyl (C=O) groups is 1. The Morgan fingerprint density at radius 3 is 2.54 bits per heavy atom. The van der Waals surface area contributed by atoms with E-state index in [2.05, 4.69) is 26.7 Å². The van der Waals surface area contributed by atoms with Crippen molar-refractivity contribution in [2.75, 3.05) is 44.7 Å². The van der Waals surface area contributed by atoms with Gasteiger partial charge in [-0.3, -0.25) is 9.69 Å². The third kappa shape index (κ3) is 8.08. The van der Waals surface area contributed by atoms with Crippen LogP contribution < -0.4 is 14.4 Å². The lowest BCUT2D eigenvalue weighted by molar-refractivity contribution is -0.0986. The van der Waals surface area contributed by atoms with Gasteiger partial charge in [0.1, 0.15) is 18.0 Å². The molecule has 0 spiro atoms. The van der Waals surface area contributed by atoms with Crippen LogP contribution in [0.1, 0.15) is 99.5 Å². The van der Waals surface area contributed by atoms with E-state index in [1.54, 1.807) is 13.0 Å². The standard InChI is InChI=1S/C42H58ClN3O5S/c1-29-9-8-20-42(50-3,28-45-22-19-31-10-4-5-12-34(31)25-45)38-17-14-35(38)26-46-21-7-6-11-32-23-37(43)16-13-36(32)27-51-40-18-15-33(24-39(40)46)41(47)44-52(48,49)30(29)2/h8,13,15-16,18,20,23-24,29-31,34-35,38H,4-7,9-12,14,17,19,21-22,25-28H2,1-3H3,(H,44,47)/b20-8+/t29-,30+,31+,34+,35-,38+,42-/m0/s1. The molecule has 10 heteroatoms. The molecule has 2 aromatic rings. The second-order valence-electron chi connectivity index (χ2n) is 16.5. The van der Waals surface area contributed by atoms with Gasteiger partial charge in [-0.05, 0) is 136 Å². The molecule has 7 rings (SSSR count). The third-order valence-electron chi connectivity index (χ3n) is 13.4. The van der Waals surface area contributed by atoms with Crippen molar-refractivity contribution >= 4 is 33.2 Å². The molecule has 7 atom stereocenters. The van der Waals surface area contributed by atoms with Crippen molar-refractivity contribution in [1.82, 2.24) is 9.62 Å². The number of aryl methyl sites for hydroxylation is 1. The number of allylic oxidation sites excluding steroid dienone is 1. The van der Waals surface area contributed by atoms with E-state index in [-0.39, 0.29) is 5.92 Å². The Kier molecular flexibility index (Phi) is 11.6. The van der Waals surface area contributed by atoms with Crippen molar-refractivity contribution < 1.29 is 22.7 Å². The zero-order chi connectivity index (χ0) is 36.5. The summed E-state index contributed by atoms with van der Waals surface area (Å²) in [6.45, 7) is 8.73. The zero-order valence-electron chi connectivity index (χ0n) is 31.3. The van der Waals surface area contributed by atoms with Crippen LogP contribution in [0.15, 0.2) is 48.6 Å². The van der Waals surface area contributed by atoms with Gasteiger partial charge in [-0.15, -0.1) is 0 Å². The van der Waals surface area contributed by atoms with Crippen molar-refractivity contribution in [2.24, 2.45) is 29.6 Å². The minimum absolute atomic E-state index is 0.201. The van der Waals surface area contributed by atoms with Gasteiger partial charge in [0, 0.05) is 43.9 Å². The summed E-state index contributed by atoms with van der Waals surface area (Å²) in [5.74, 6) is 2.20. The summed E-state index contributed by atoms with van der Waals surface area (Å²) in [5, 5.41) is -0.0368. The quantitative estimate of drug-likeness (QED) is 0.318. The first kappa shape index (κ1) is 37.7. The topological polar surface area (TPSA) is 88.2 Å². The summed E-state index contributed by atoms with van der Waals surface area (Å²) in [4.78, 5) is 18.7. The Morgan fingerprint density at radius 2 is 1.75 bits per heavy atom. The number of benzene rings is 2. The maximum Gasteiger partial charge on any atom is 0.264 e. The number of ether oxygens (including phenoxy) is 2. The second kappa shape index (κ2) is 16.0. The fourth-order valence-corrected chi connectivity index (χ4v) is 11.3. The highest BCUT2D eigenvalue weighted by Gasteiger charge is 2.49. The molecule has 3 heterocycles. The summed E-state index contributed by atoms with van der Waals surface area (Å²) in [6, 6.07) is 11.4. The minimum Gasteiger partial charge on any atom is -0.487 e. The zero-order valence-corrected chi connectivity index (χ0v) is 32.9. The average Bonchev–Trinajstić information content (AvgIpc) is 3.15. The van der Waals surface area contributed by atoms with Gasteiger partial charge in [0.15, 0.2) is 0 Å². The van der Waals surface area contributed by atoms with Gasteiger partial charge in [-0.25, -0.2) is 13.1 Å². The highest BCUT2D eigenvalue weighted by molar-refractivity contribution is 7.90. The smallest absolute Gasteiger partial charge is 0.264 e. The summed E-state index contributed by atoms with van der Waals surface area (Å²) in [6.07, 6.45) is 16.8. The van der Waals surface area contributed by atoms with Crippen LogP contribution in [0.5, 0.6) is 5.75 Å². The van der Waals surface area contributed by atoms with Crippen molar-refractivity contribution in [3.63, 3.8) is 0 Å². The molecule has 2 saturated carbocycles. The third-order valence-corrected chi connectivity index (χ3v) is 15.5. The molecule has 5 aliphatic rings. The Balaban J connectivity index is 1.25. The van der Waals surface area contributed by atoms with Gasteiger partial charge in [0.2, 0.25) is 10.0 Å². The highest BCUT2D eigenvalue weighted by Crippen LogP contribution is 2.47. The van der Waals surface area contributed by atoms with E-state index in [1.807, 2.05) is 44.4 Å². The van der Waals surface area contributed by atoms with E-state index in [4.69, 9.17) is 21.1 Å². The molecular weight excluding hydrogens is 694 g/mol. The fourth-order valence-electron chi connectivity index (χ4n) is 9.80. The Bertz CT molecular complexity index is 1730.